The molecule has 0 aliphatic rings. The van der Waals surface area contributed by atoms with Crippen molar-refractivity contribution in [3.05, 3.63) is 23.8 Å². The second kappa shape index (κ2) is 3.97. The van der Waals surface area contributed by atoms with Gasteiger partial charge < -0.3 is 15.5 Å². The highest BCUT2D eigenvalue weighted by Crippen LogP contribution is 2.21. The van der Waals surface area contributed by atoms with Gasteiger partial charge in [-0.15, -0.1) is 0 Å². The molecular weight excluding hydrogens is 154 g/mol. The van der Waals surface area contributed by atoms with Crippen molar-refractivity contribution < 1.29 is 10.2 Å². The second-order valence-electron chi connectivity index (χ2n) is 2.67. The van der Waals surface area contributed by atoms with Crippen LogP contribution in [0.5, 0.6) is 11.5 Å². The van der Waals surface area contributed by atoms with E-state index in [4.69, 9.17) is 5.11 Å². The molecule has 0 aromatic heterocycles. The van der Waals surface area contributed by atoms with E-state index in [-0.39, 0.29) is 11.5 Å². The molecule has 1 rings (SSSR count). The molecule has 66 valence electrons. The van der Waals surface area contributed by atoms with Crippen molar-refractivity contribution in [3.8, 4) is 11.5 Å². The summed E-state index contributed by atoms with van der Waals surface area (Å²) in [4.78, 5) is 0. The molecule has 0 unspecified atom stereocenters. The zero-order valence-electron chi connectivity index (χ0n) is 7.04. The first-order chi connectivity index (χ1) is 5.74. The maximum Gasteiger partial charge on any atom is 0.119 e. The molecule has 3 N–H and O–H groups in total. The zero-order valence-corrected chi connectivity index (χ0v) is 7.04. The van der Waals surface area contributed by atoms with Crippen LogP contribution in [-0.4, -0.2) is 23.8 Å². The maximum absolute atomic E-state index is 9.32. The Hall–Kier alpha value is -1.22. The molecule has 0 heterocycles. The first kappa shape index (κ1) is 8.87. The lowest BCUT2D eigenvalue weighted by molar-refractivity contribution is 0.453. The molecule has 0 fully saturated rings. The Labute approximate surface area is 71.7 Å². The number of phenols is 2. The van der Waals surface area contributed by atoms with Crippen LogP contribution in [0.25, 0.3) is 0 Å². The van der Waals surface area contributed by atoms with E-state index in [1.807, 2.05) is 7.05 Å². The van der Waals surface area contributed by atoms with E-state index in [2.05, 4.69) is 5.32 Å². The van der Waals surface area contributed by atoms with Gasteiger partial charge in [0.15, 0.2) is 0 Å². The minimum atomic E-state index is 0.193. The molecule has 1 aromatic rings. The lowest BCUT2D eigenvalue weighted by atomic mass is 10.1. The van der Waals surface area contributed by atoms with Crippen LogP contribution < -0.4 is 5.32 Å². The summed E-state index contributed by atoms with van der Waals surface area (Å²) >= 11 is 0. The third-order valence-corrected chi connectivity index (χ3v) is 1.71. The Kier molecular flexibility index (Phi) is 2.94. The van der Waals surface area contributed by atoms with Crippen LogP contribution in [0.2, 0.25) is 0 Å². The van der Waals surface area contributed by atoms with Gasteiger partial charge in [0.2, 0.25) is 0 Å². The van der Waals surface area contributed by atoms with Crippen molar-refractivity contribution in [2.45, 2.75) is 6.42 Å². The lowest BCUT2D eigenvalue weighted by Gasteiger charge is -2.03. The third-order valence-electron chi connectivity index (χ3n) is 1.71. The predicted octanol–water partition coefficient (Wildman–Crippen LogP) is 0.860. The monoisotopic (exact) mass is 167 g/mol. The average Bonchev–Trinajstić information content (AvgIpc) is 2.07. The Morgan fingerprint density at radius 1 is 1.33 bits per heavy atom. The van der Waals surface area contributed by atoms with Crippen LogP contribution >= 0.6 is 0 Å². The fourth-order valence-electron chi connectivity index (χ4n) is 1.03. The van der Waals surface area contributed by atoms with Gasteiger partial charge in [0, 0.05) is 0 Å². The van der Waals surface area contributed by atoms with Crippen molar-refractivity contribution in [2.24, 2.45) is 0 Å². The summed E-state index contributed by atoms with van der Waals surface area (Å²) in [6.45, 7) is 0.789. The lowest BCUT2D eigenvalue weighted by Crippen LogP contribution is -2.10. The topological polar surface area (TPSA) is 52.5 Å². The zero-order chi connectivity index (χ0) is 8.97. The fourth-order valence-corrected chi connectivity index (χ4v) is 1.03. The number of nitrogens with one attached hydrogen (secondary N) is 1. The van der Waals surface area contributed by atoms with E-state index in [1.165, 1.54) is 12.1 Å². The van der Waals surface area contributed by atoms with Crippen LogP contribution in [0.3, 0.4) is 0 Å². The van der Waals surface area contributed by atoms with Crippen molar-refractivity contribution in [3.63, 3.8) is 0 Å². The van der Waals surface area contributed by atoms with E-state index >= 15 is 0 Å². The summed E-state index contributed by atoms with van der Waals surface area (Å²) in [5, 5.41) is 21.4. The van der Waals surface area contributed by atoms with E-state index in [0.717, 1.165) is 18.5 Å². The number of phenolic OH excluding ortho intramolecular Hbond substituents is 2. The molecule has 0 spiro atoms. The van der Waals surface area contributed by atoms with Gasteiger partial charge in [-0.2, -0.15) is 0 Å². The number of hydrogen-bond acceptors (Lipinski definition) is 3. The van der Waals surface area contributed by atoms with E-state index < -0.39 is 0 Å². The van der Waals surface area contributed by atoms with Crippen LogP contribution in [0.15, 0.2) is 18.2 Å². The number of aromatic hydroxyl groups is 2. The molecule has 1 aromatic carbocycles. The summed E-state index contributed by atoms with van der Waals surface area (Å²) in [5.74, 6) is 0.432. The normalized spacial score (nSPS) is 10.1. The molecule has 0 bridgehead atoms. The van der Waals surface area contributed by atoms with E-state index in [1.54, 1.807) is 6.07 Å². The smallest absolute Gasteiger partial charge is 0.119 e. The van der Waals surface area contributed by atoms with Gasteiger partial charge in [-0.1, -0.05) is 0 Å². The number of likely N-dealkylation sites (N-methyl/N-ethyl adjacent to an activating group) is 1. The van der Waals surface area contributed by atoms with Gasteiger partial charge >= 0.3 is 0 Å². The molecule has 0 aliphatic carbocycles. The highest BCUT2D eigenvalue weighted by Gasteiger charge is 2.00. The summed E-state index contributed by atoms with van der Waals surface area (Å²) in [5.41, 5.74) is 0.768. The SMILES string of the molecule is CNCCc1cc(O)ccc1O. The summed E-state index contributed by atoms with van der Waals surface area (Å²) in [7, 11) is 1.85. The Morgan fingerprint density at radius 2 is 2.08 bits per heavy atom. The van der Waals surface area contributed by atoms with E-state index in [0.29, 0.717) is 0 Å². The van der Waals surface area contributed by atoms with Gasteiger partial charge in [0.25, 0.3) is 0 Å². The van der Waals surface area contributed by atoms with Gasteiger partial charge in [-0.25, -0.2) is 0 Å². The molecule has 0 radical (unpaired) electrons. The summed E-state index contributed by atoms with van der Waals surface area (Å²) < 4.78 is 0. The number of hydrogen-bond donors (Lipinski definition) is 3. The standard InChI is InChI=1S/C9H13NO2/c1-10-5-4-7-6-8(11)2-3-9(7)12/h2-3,6,10-12H,4-5H2,1H3. The van der Waals surface area contributed by atoms with Gasteiger partial charge in [0.1, 0.15) is 11.5 Å². The minimum absolute atomic E-state index is 0.193. The van der Waals surface area contributed by atoms with Crippen molar-refractivity contribution in [1.82, 2.24) is 5.32 Å². The van der Waals surface area contributed by atoms with Crippen LogP contribution in [-0.2, 0) is 6.42 Å². The summed E-state index contributed by atoms with van der Waals surface area (Å²) in [6, 6.07) is 4.55. The molecule has 3 nitrogen and oxygen atoms in total. The van der Waals surface area contributed by atoms with Crippen LogP contribution in [0, 0.1) is 0 Å². The molecule has 0 aliphatic heterocycles. The Balaban J connectivity index is 2.75. The number of rotatable bonds is 3. The molecule has 0 saturated heterocycles. The quantitative estimate of drug-likeness (QED) is 0.585. The Morgan fingerprint density at radius 3 is 2.75 bits per heavy atom. The highest BCUT2D eigenvalue weighted by molar-refractivity contribution is 5.38. The van der Waals surface area contributed by atoms with Crippen LogP contribution in [0.1, 0.15) is 5.56 Å². The van der Waals surface area contributed by atoms with Crippen molar-refractivity contribution in [2.75, 3.05) is 13.6 Å². The molecule has 0 atom stereocenters. The molecular formula is C9H13NO2. The fraction of sp³-hybridized carbons (Fsp3) is 0.333. The molecule has 12 heavy (non-hydrogen) atoms. The number of benzene rings is 1. The average molecular weight is 167 g/mol. The van der Waals surface area contributed by atoms with Crippen molar-refractivity contribution >= 4 is 0 Å². The predicted molar refractivity (Wildman–Crippen MR) is 47.4 cm³/mol. The Bertz CT molecular complexity index is 261. The molecule has 3 heteroatoms. The van der Waals surface area contributed by atoms with Gasteiger partial charge in [0.05, 0.1) is 0 Å². The van der Waals surface area contributed by atoms with Crippen LogP contribution in [0.4, 0.5) is 0 Å². The maximum atomic E-state index is 9.32. The van der Waals surface area contributed by atoms with Gasteiger partial charge in [-0.3, -0.25) is 0 Å². The van der Waals surface area contributed by atoms with Crippen molar-refractivity contribution in [1.29, 1.82) is 0 Å². The molecule has 0 saturated carbocycles. The largest absolute Gasteiger partial charge is 0.508 e. The van der Waals surface area contributed by atoms with E-state index in [9.17, 15) is 5.11 Å². The highest BCUT2D eigenvalue weighted by atomic mass is 16.3. The third kappa shape index (κ3) is 2.13. The minimum Gasteiger partial charge on any atom is -0.508 e. The molecule has 0 amide bonds. The summed E-state index contributed by atoms with van der Waals surface area (Å²) in [6.07, 6.45) is 0.719. The van der Waals surface area contributed by atoms with Gasteiger partial charge in [-0.05, 0) is 43.8 Å². The first-order valence-electron chi connectivity index (χ1n) is 3.89. The first-order valence-corrected chi connectivity index (χ1v) is 3.89. The second-order valence-corrected chi connectivity index (χ2v) is 2.67.